The Kier molecular flexibility index (Phi) is 22.2. The third kappa shape index (κ3) is 14.9. The number of hydrogen-bond donors (Lipinski definition) is 0. The van der Waals surface area contributed by atoms with Gasteiger partial charge < -0.3 is 17.7 Å². The molecule has 12 heterocycles. The summed E-state index contributed by atoms with van der Waals surface area (Å²) in [4.78, 5) is 19.1. The summed E-state index contributed by atoms with van der Waals surface area (Å²) in [7, 11) is 8.66. The maximum atomic E-state index is 6.44. The summed E-state index contributed by atoms with van der Waals surface area (Å²) < 4.78 is 34.7. The standard InChI is InChI=1S/2C27H31N2O.2C26H29N2O/c1-16(2)23-13-12-21-20-11-10-17(3)25(26(20)30-27(21)28-23)24-14-22(18(4)15-29(24)5)19-8-6-7-9-19;1-16(2)23-13-12-21-20-11-10-17(3)25(26(20)30-27(21)28-23)24-14-18(4)22(15-29(24)5)19-8-6-7-9-19;2*1-5-19-11-13-21-20-12-10-16(2)24(25(20)29-26(21)27-19)23-14-17(3)22(15-28(23)4)18-8-6-7-9-18/h2*10-16,19H,6-9H2,1-5H3;2*10-15,18H,5-9H2,1-4H3/q4*+1. The molecule has 4 aromatic carbocycles. The second kappa shape index (κ2) is 32.9. The van der Waals surface area contributed by atoms with Crippen molar-refractivity contribution in [3.05, 3.63) is 236 Å². The number of benzene rings is 4. The number of aryl methyl sites for hydroxylation is 14. The molecule has 12 nitrogen and oxygen atoms in total. The van der Waals surface area contributed by atoms with Gasteiger partial charge in [-0.1, -0.05) is 141 Å². The molecule has 118 heavy (non-hydrogen) atoms. The molecule has 0 bridgehead atoms. The molecule has 4 fully saturated rings. The first kappa shape index (κ1) is 79.7. The molecule has 604 valence electrons. The third-order valence-corrected chi connectivity index (χ3v) is 27.2. The maximum Gasteiger partial charge on any atom is 0.227 e. The Morgan fingerprint density at radius 3 is 0.831 bits per heavy atom. The first-order chi connectivity index (χ1) is 57.0. The van der Waals surface area contributed by atoms with Gasteiger partial charge in [0.1, 0.15) is 28.2 Å². The molecule has 4 saturated carbocycles. The molecule has 16 aromatic rings. The quantitative estimate of drug-likeness (QED) is 0.111. The average Bonchev–Trinajstić information content (AvgIpc) is 1.69. The van der Waals surface area contributed by atoms with Crippen LogP contribution < -0.4 is 18.3 Å². The van der Waals surface area contributed by atoms with Gasteiger partial charge in [-0.2, -0.15) is 0 Å². The van der Waals surface area contributed by atoms with Crippen LogP contribution in [0.1, 0.15) is 269 Å². The van der Waals surface area contributed by atoms with Crippen LogP contribution in [0.4, 0.5) is 0 Å². The van der Waals surface area contributed by atoms with Crippen LogP contribution in [0.25, 0.3) is 133 Å². The smallest absolute Gasteiger partial charge is 0.227 e. The molecule has 0 spiro atoms. The highest BCUT2D eigenvalue weighted by Crippen LogP contribution is 2.46. The van der Waals surface area contributed by atoms with E-state index in [1.807, 2.05) is 0 Å². The van der Waals surface area contributed by atoms with E-state index in [0.717, 1.165) is 136 Å². The van der Waals surface area contributed by atoms with E-state index >= 15 is 0 Å². The number of pyridine rings is 8. The Hall–Kier alpha value is -10.7. The van der Waals surface area contributed by atoms with E-state index in [9.17, 15) is 0 Å². The van der Waals surface area contributed by atoms with Crippen molar-refractivity contribution in [1.82, 2.24) is 19.9 Å². The lowest BCUT2D eigenvalue weighted by atomic mass is 9.91. The van der Waals surface area contributed by atoms with Gasteiger partial charge in [-0.15, -0.1) is 0 Å². The lowest BCUT2D eigenvalue weighted by Crippen LogP contribution is -2.32. The maximum absolute atomic E-state index is 6.44. The molecule has 0 aliphatic heterocycles. The van der Waals surface area contributed by atoms with E-state index in [2.05, 4.69) is 290 Å². The highest BCUT2D eigenvalue weighted by atomic mass is 16.4. The van der Waals surface area contributed by atoms with Crippen molar-refractivity contribution in [3.63, 3.8) is 0 Å². The molecule has 12 aromatic heterocycles. The summed E-state index contributed by atoms with van der Waals surface area (Å²) in [6.07, 6.45) is 32.6. The van der Waals surface area contributed by atoms with Gasteiger partial charge in [-0.25, -0.2) is 38.2 Å². The number of furan rings is 4. The number of rotatable bonds is 12. The van der Waals surface area contributed by atoms with Crippen molar-refractivity contribution in [2.75, 3.05) is 0 Å². The molecule has 0 unspecified atom stereocenters. The zero-order chi connectivity index (χ0) is 82.2. The lowest BCUT2D eigenvalue weighted by Gasteiger charge is -2.14. The van der Waals surface area contributed by atoms with Crippen LogP contribution in [0.2, 0.25) is 0 Å². The summed E-state index contributed by atoms with van der Waals surface area (Å²) in [6.45, 7) is 30.7. The van der Waals surface area contributed by atoms with Gasteiger partial charge in [0.2, 0.25) is 45.6 Å². The lowest BCUT2D eigenvalue weighted by molar-refractivity contribution is -0.661. The topological polar surface area (TPSA) is 120 Å². The first-order valence-electron chi connectivity index (χ1n) is 44.3. The molecule has 0 N–H and O–H groups in total. The number of aromatic nitrogens is 8. The summed E-state index contributed by atoms with van der Waals surface area (Å²) in [5.41, 5.74) is 37.2. The summed E-state index contributed by atoms with van der Waals surface area (Å²) in [6, 6.07) is 44.2. The Labute approximate surface area is 696 Å². The van der Waals surface area contributed by atoms with Gasteiger partial charge in [-0.3, -0.25) is 0 Å². The Morgan fingerprint density at radius 1 is 0.288 bits per heavy atom. The van der Waals surface area contributed by atoms with Gasteiger partial charge in [0, 0.05) is 112 Å². The summed E-state index contributed by atoms with van der Waals surface area (Å²) >= 11 is 0. The van der Waals surface area contributed by atoms with E-state index in [-0.39, 0.29) is 0 Å². The highest BCUT2D eigenvalue weighted by Gasteiger charge is 2.33. The molecule has 4 aliphatic rings. The van der Waals surface area contributed by atoms with Crippen LogP contribution in [-0.4, -0.2) is 19.9 Å². The van der Waals surface area contributed by atoms with Crippen LogP contribution in [0.15, 0.2) is 164 Å². The van der Waals surface area contributed by atoms with Crippen molar-refractivity contribution in [2.24, 2.45) is 28.2 Å². The first-order valence-corrected chi connectivity index (χ1v) is 44.3. The molecule has 12 heteroatoms. The fraction of sp³-hybridized carbons (Fsp3) is 0.396. The zero-order valence-electron chi connectivity index (χ0n) is 73.3. The van der Waals surface area contributed by atoms with E-state index in [1.54, 1.807) is 0 Å². The molecular formula is C106H120N8O4+4. The van der Waals surface area contributed by atoms with Gasteiger partial charge in [0.25, 0.3) is 0 Å². The van der Waals surface area contributed by atoms with E-state index in [4.69, 9.17) is 37.6 Å². The minimum Gasteiger partial charge on any atom is -0.437 e. The minimum atomic E-state index is 0.382. The zero-order valence-corrected chi connectivity index (χ0v) is 73.3. The fourth-order valence-corrected chi connectivity index (χ4v) is 20.5. The monoisotopic (exact) mass is 1570 g/mol. The molecular weight excluding hydrogens is 1450 g/mol. The molecule has 0 saturated heterocycles. The van der Waals surface area contributed by atoms with E-state index in [0.29, 0.717) is 23.7 Å². The largest absolute Gasteiger partial charge is 0.437 e. The average molecular weight is 1570 g/mol. The van der Waals surface area contributed by atoms with Gasteiger partial charge in [-0.05, 0) is 248 Å². The molecule has 0 radical (unpaired) electrons. The summed E-state index contributed by atoms with van der Waals surface area (Å²) in [5, 5.41) is 8.98. The SMILES string of the molecule is CCc1ccc2c(n1)oc1c(-c3cc(C)c(C4CCCC4)c[n+]3C)c(C)ccc12.CCc1ccc2c(n1)oc1c(-c3cc(C)c(C4CCCC4)c[n+]3C)c(C)ccc12.Cc1c[n+](C)c(-c2c(C)ccc3c2oc2nc(C(C)C)ccc23)cc1C1CCCC1.Cc1cc(-c2c(C)ccc3c2oc2nc(C(C)C)ccc23)[n+](C)cc1C1CCCC1. The van der Waals surface area contributed by atoms with Crippen molar-refractivity contribution in [1.29, 1.82) is 0 Å². The predicted molar refractivity (Wildman–Crippen MR) is 482 cm³/mol. The van der Waals surface area contributed by atoms with E-state index in [1.165, 1.54) is 215 Å². The van der Waals surface area contributed by atoms with Crippen molar-refractivity contribution >= 4 is 88.3 Å². The molecule has 20 rings (SSSR count). The third-order valence-electron chi connectivity index (χ3n) is 27.2. The molecule has 4 aliphatic carbocycles. The normalized spacial score (nSPS) is 15.1. The summed E-state index contributed by atoms with van der Waals surface area (Å²) in [5.74, 6) is 3.60. The minimum absolute atomic E-state index is 0.382. The van der Waals surface area contributed by atoms with Crippen LogP contribution >= 0.6 is 0 Å². The van der Waals surface area contributed by atoms with Crippen molar-refractivity contribution in [2.45, 2.75) is 248 Å². The van der Waals surface area contributed by atoms with Crippen LogP contribution in [0.5, 0.6) is 0 Å². The predicted octanol–water partition coefficient (Wildman–Crippen LogP) is 26.4. The van der Waals surface area contributed by atoms with Gasteiger partial charge in [0.15, 0.2) is 47.1 Å². The molecule has 0 amide bonds. The Bertz CT molecular complexity index is 6360. The molecule has 0 atom stereocenters. The van der Waals surface area contributed by atoms with Crippen LogP contribution in [0, 0.1) is 55.4 Å². The van der Waals surface area contributed by atoms with E-state index < -0.39 is 0 Å². The highest BCUT2D eigenvalue weighted by molar-refractivity contribution is 6.12. The second-order valence-corrected chi connectivity index (χ2v) is 36.0. The van der Waals surface area contributed by atoms with Crippen molar-refractivity contribution < 1.29 is 35.9 Å². The van der Waals surface area contributed by atoms with Crippen LogP contribution in [-0.2, 0) is 41.0 Å². The number of fused-ring (bicyclic) bond motifs is 12. The fourth-order valence-electron chi connectivity index (χ4n) is 20.5. The van der Waals surface area contributed by atoms with Crippen LogP contribution in [0.3, 0.4) is 0 Å². The number of hydrogen-bond acceptors (Lipinski definition) is 8. The second-order valence-electron chi connectivity index (χ2n) is 36.0. The van der Waals surface area contributed by atoms with Gasteiger partial charge >= 0.3 is 0 Å². The Morgan fingerprint density at radius 2 is 0.542 bits per heavy atom. The Balaban J connectivity index is 0.000000113. The van der Waals surface area contributed by atoms with Gasteiger partial charge in [0.05, 0.1) is 22.3 Å². The number of nitrogens with zero attached hydrogens (tertiary/aromatic N) is 8. The van der Waals surface area contributed by atoms with Crippen molar-refractivity contribution in [3.8, 4) is 45.0 Å².